The minimum atomic E-state index is -5.15. The number of halogens is 6. The predicted molar refractivity (Wildman–Crippen MR) is 124 cm³/mol. The second kappa shape index (κ2) is 8.58. The molecule has 0 radical (unpaired) electrons. The monoisotopic (exact) mass is 559 g/mol. The number of pyridine rings is 2. The Kier molecular flexibility index (Phi) is 5.35. The van der Waals surface area contributed by atoms with E-state index in [2.05, 4.69) is 30.6 Å². The Labute approximate surface area is 217 Å². The Morgan fingerprint density at radius 2 is 1.62 bits per heavy atom. The van der Waals surface area contributed by atoms with Crippen molar-refractivity contribution in [1.82, 2.24) is 34.7 Å². The fraction of sp³-hybridized carbons (Fsp3) is 0.0870. The number of hydrogen-bond acceptors (Lipinski definition) is 7. The standard InChI is InChI=1S/C23H11F6N9O2/c24-22(25,26)14-6-10(7-30-19(14)38-32-4-5-33-38)35-21(40)13-8-34-37(17(13)23(27,28)29)18-11-2-1-3-12-16(11)15(9-31-18)36-20(12)39/h1-9H,(H,35,40)(H,36,39). The molecule has 5 heterocycles. The Morgan fingerprint density at radius 1 is 0.900 bits per heavy atom. The highest BCUT2D eigenvalue weighted by atomic mass is 19.4. The number of alkyl halides is 6. The summed E-state index contributed by atoms with van der Waals surface area (Å²) >= 11 is 0. The molecular formula is C23H11F6N9O2. The van der Waals surface area contributed by atoms with Gasteiger partial charge in [-0.15, -0.1) is 4.80 Å². The van der Waals surface area contributed by atoms with E-state index in [0.29, 0.717) is 32.8 Å². The quantitative estimate of drug-likeness (QED) is 0.315. The third-order valence-electron chi connectivity index (χ3n) is 5.90. The van der Waals surface area contributed by atoms with Gasteiger partial charge in [-0.3, -0.25) is 9.59 Å². The predicted octanol–water partition coefficient (Wildman–Crippen LogP) is 4.25. The molecule has 0 unspecified atom stereocenters. The van der Waals surface area contributed by atoms with Crippen LogP contribution in [0.5, 0.6) is 0 Å². The SMILES string of the molecule is O=C(Nc1cnc(-n2nccn2)c(C(F)(F)F)c1)c1cnn(-c2ncc3c4c(cccc24)C(=O)N3)c1C(F)(F)F. The van der Waals surface area contributed by atoms with Crippen LogP contribution in [0.15, 0.2) is 55.2 Å². The van der Waals surface area contributed by atoms with Crippen LogP contribution in [0, 0.1) is 0 Å². The van der Waals surface area contributed by atoms with Crippen LogP contribution < -0.4 is 10.6 Å². The smallest absolute Gasteiger partial charge is 0.320 e. The zero-order valence-electron chi connectivity index (χ0n) is 19.4. The molecule has 6 rings (SSSR count). The van der Waals surface area contributed by atoms with E-state index in [0.717, 1.165) is 24.8 Å². The lowest BCUT2D eigenvalue weighted by Crippen LogP contribution is -2.22. The summed E-state index contributed by atoms with van der Waals surface area (Å²) < 4.78 is 84.3. The number of rotatable bonds is 4. The first-order valence-corrected chi connectivity index (χ1v) is 11.1. The van der Waals surface area contributed by atoms with Crippen molar-refractivity contribution in [2.24, 2.45) is 0 Å². The first-order valence-electron chi connectivity index (χ1n) is 11.1. The number of hydrogen-bond donors (Lipinski definition) is 2. The van der Waals surface area contributed by atoms with Crippen molar-refractivity contribution >= 4 is 34.0 Å². The Balaban J connectivity index is 1.42. The van der Waals surface area contributed by atoms with E-state index in [4.69, 9.17) is 0 Å². The molecular weight excluding hydrogens is 548 g/mol. The number of amides is 2. The lowest BCUT2D eigenvalue weighted by Gasteiger charge is -2.15. The van der Waals surface area contributed by atoms with Crippen LogP contribution in [0.4, 0.5) is 37.7 Å². The molecule has 0 fully saturated rings. The minimum Gasteiger partial charge on any atom is -0.320 e. The largest absolute Gasteiger partial charge is 0.434 e. The molecule has 5 aromatic rings. The number of aromatic nitrogens is 7. The van der Waals surface area contributed by atoms with Gasteiger partial charge in [0, 0.05) is 16.3 Å². The summed E-state index contributed by atoms with van der Waals surface area (Å²) in [6, 6.07) is 4.88. The lowest BCUT2D eigenvalue weighted by atomic mass is 10.1. The molecule has 4 aromatic heterocycles. The zero-order valence-corrected chi connectivity index (χ0v) is 19.4. The number of carbonyl (C=O) groups is 2. The van der Waals surface area contributed by atoms with Crippen LogP contribution in [0.2, 0.25) is 0 Å². The van der Waals surface area contributed by atoms with Crippen molar-refractivity contribution in [2.75, 3.05) is 10.6 Å². The molecule has 2 amide bonds. The maximum Gasteiger partial charge on any atom is 0.434 e. The van der Waals surface area contributed by atoms with Gasteiger partial charge in [-0.2, -0.15) is 41.6 Å². The van der Waals surface area contributed by atoms with Gasteiger partial charge in [0.2, 0.25) is 0 Å². The third kappa shape index (κ3) is 3.98. The number of anilines is 2. The van der Waals surface area contributed by atoms with E-state index in [1.165, 1.54) is 18.2 Å². The highest BCUT2D eigenvalue weighted by Crippen LogP contribution is 2.39. The molecule has 1 aliphatic heterocycles. The van der Waals surface area contributed by atoms with Crippen molar-refractivity contribution in [3.05, 3.63) is 77.6 Å². The molecule has 0 saturated carbocycles. The second-order valence-electron chi connectivity index (χ2n) is 8.36. The number of benzene rings is 1. The van der Waals surface area contributed by atoms with Crippen molar-refractivity contribution in [2.45, 2.75) is 12.4 Å². The van der Waals surface area contributed by atoms with Gasteiger partial charge in [0.05, 0.1) is 47.9 Å². The van der Waals surface area contributed by atoms with Gasteiger partial charge in [-0.05, 0) is 12.1 Å². The molecule has 0 aliphatic carbocycles. The van der Waals surface area contributed by atoms with Crippen molar-refractivity contribution in [3.63, 3.8) is 0 Å². The van der Waals surface area contributed by atoms with Crippen LogP contribution in [0.25, 0.3) is 22.4 Å². The van der Waals surface area contributed by atoms with Gasteiger partial charge in [0.1, 0.15) is 5.56 Å². The summed E-state index contributed by atoms with van der Waals surface area (Å²) in [7, 11) is 0. The summed E-state index contributed by atoms with van der Waals surface area (Å²) in [4.78, 5) is 33.4. The van der Waals surface area contributed by atoms with Gasteiger partial charge in [0.25, 0.3) is 11.8 Å². The highest BCUT2D eigenvalue weighted by Gasteiger charge is 2.42. The van der Waals surface area contributed by atoms with Crippen LogP contribution in [0.1, 0.15) is 32.0 Å². The molecule has 0 saturated heterocycles. The molecule has 40 heavy (non-hydrogen) atoms. The molecule has 202 valence electrons. The van der Waals surface area contributed by atoms with Crippen molar-refractivity contribution < 1.29 is 35.9 Å². The van der Waals surface area contributed by atoms with E-state index in [9.17, 15) is 35.9 Å². The van der Waals surface area contributed by atoms with Crippen molar-refractivity contribution in [3.8, 4) is 11.6 Å². The normalized spacial score (nSPS) is 13.1. The Bertz CT molecular complexity index is 1830. The summed E-state index contributed by atoms with van der Waals surface area (Å²) in [5.41, 5.74) is -3.89. The molecule has 0 spiro atoms. The number of carbonyl (C=O) groups excluding carboxylic acids is 2. The summed E-state index contributed by atoms with van der Waals surface area (Å²) in [5, 5.41) is 16.0. The van der Waals surface area contributed by atoms with E-state index < -0.39 is 52.5 Å². The average molecular weight is 559 g/mol. The summed E-state index contributed by atoms with van der Waals surface area (Å²) in [6.45, 7) is 0. The summed E-state index contributed by atoms with van der Waals surface area (Å²) in [6.07, 6.45) is -5.26. The van der Waals surface area contributed by atoms with Crippen LogP contribution in [-0.2, 0) is 12.4 Å². The van der Waals surface area contributed by atoms with Gasteiger partial charge in [-0.1, -0.05) is 12.1 Å². The number of nitrogens with zero attached hydrogens (tertiary/aromatic N) is 7. The molecule has 2 N–H and O–H groups in total. The van der Waals surface area contributed by atoms with Gasteiger partial charge >= 0.3 is 12.4 Å². The molecule has 0 atom stereocenters. The number of nitrogens with one attached hydrogen (secondary N) is 2. The Morgan fingerprint density at radius 3 is 2.33 bits per heavy atom. The fourth-order valence-corrected chi connectivity index (χ4v) is 4.30. The molecule has 1 aliphatic rings. The van der Waals surface area contributed by atoms with E-state index in [1.54, 1.807) is 0 Å². The van der Waals surface area contributed by atoms with E-state index in [1.807, 2.05) is 5.32 Å². The first-order chi connectivity index (χ1) is 18.9. The van der Waals surface area contributed by atoms with Crippen LogP contribution in [-0.4, -0.2) is 46.6 Å². The van der Waals surface area contributed by atoms with Gasteiger partial charge in [-0.25, -0.2) is 14.6 Å². The van der Waals surface area contributed by atoms with Crippen LogP contribution in [0.3, 0.4) is 0 Å². The zero-order chi connectivity index (χ0) is 28.4. The van der Waals surface area contributed by atoms with Crippen LogP contribution >= 0.6 is 0 Å². The van der Waals surface area contributed by atoms with E-state index >= 15 is 0 Å². The van der Waals surface area contributed by atoms with E-state index in [-0.39, 0.29) is 16.8 Å². The minimum absolute atomic E-state index is 0.149. The first kappa shape index (κ1) is 25.0. The topological polar surface area (TPSA) is 133 Å². The maximum atomic E-state index is 14.3. The summed E-state index contributed by atoms with van der Waals surface area (Å²) in [5.74, 6) is -2.88. The second-order valence-corrected chi connectivity index (χ2v) is 8.36. The van der Waals surface area contributed by atoms with Gasteiger partial charge in [0.15, 0.2) is 17.3 Å². The van der Waals surface area contributed by atoms with Crippen molar-refractivity contribution in [1.29, 1.82) is 0 Å². The maximum absolute atomic E-state index is 14.3. The molecule has 1 aromatic carbocycles. The molecule has 17 heteroatoms. The molecule has 0 bridgehead atoms. The molecule has 11 nitrogen and oxygen atoms in total. The average Bonchev–Trinajstić information content (AvgIpc) is 3.64. The fourth-order valence-electron chi connectivity index (χ4n) is 4.30. The van der Waals surface area contributed by atoms with Gasteiger partial charge < -0.3 is 10.6 Å². The highest BCUT2D eigenvalue weighted by molar-refractivity contribution is 6.24. The third-order valence-corrected chi connectivity index (χ3v) is 5.90. The lowest BCUT2D eigenvalue weighted by molar-refractivity contribution is -0.143. The Hall–Kier alpha value is -5.35.